The number of hydrogen-bond acceptors (Lipinski definition) is 4. The highest BCUT2D eigenvalue weighted by atomic mass is 16.5. The first-order valence-corrected chi connectivity index (χ1v) is 7.34. The minimum Gasteiger partial charge on any atom is -0.497 e. The Bertz CT molecular complexity index is 412. The van der Waals surface area contributed by atoms with Gasteiger partial charge in [0.05, 0.1) is 7.11 Å². The van der Waals surface area contributed by atoms with Gasteiger partial charge in [-0.2, -0.15) is 0 Å². The molecular weight excluding hydrogens is 250 g/mol. The first-order chi connectivity index (χ1) is 9.57. The summed E-state index contributed by atoms with van der Waals surface area (Å²) < 4.78 is 5.21. The maximum Gasteiger partial charge on any atom is 0.118 e. The van der Waals surface area contributed by atoms with Crippen LogP contribution < -0.4 is 10.5 Å². The predicted octanol–water partition coefficient (Wildman–Crippen LogP) is 1.20. The largest absolute Gasteiger partial charge is 0.497 e. The Labute approximate surface area is 122 Å². The number of rotatable bonds is 5. The number of likely N-dealkylation sites (N-methyl/N-ethyl adjacent to an activating group) is 1. The molecule has 1 aromatic rings. The molecule has 0 aromatic heterocycles. The van der Waals surface area contributed by atoms with Crippen molar-refractivity contribution >= 4 is 0 Å². The number of ether oxygens (including phenoxy) is 1. The fourth-order valence-corrected chi connectivity index (χ4v) is 2.84. The van der Waals surface area contributed by atoms with Gasteiger partial charge in [-0.25, -0.2) is 0 Å². The van der Waals surface area contributed by atoms with Crippen molar-refractivity contribution in [2.45, 2.75) is 18.9 Å². The van der Waals surface area contributed by atoms with Crippen molar-refractivity contribution in [3.05, 3.63) is 29.8 Å². The summed E-state index contributed by atoms with van der Waals surface area (Å²) in [5.74, 6) is 0.905. The van der Waals surface area contributed by atoms with E-state index in [0.717, 1.165) is 38.3 Å². The van der Waals surface area contributed by atoms with Crippen LogP contribution in [0.25, 0.3) is 0 Å². The lowest BCUT2D eigenvalue weighted by Crippen LogP contribution is -2.59. The second kappa shape index (κ2) is 6.57. The normalized spacial score (nSPS) is 20.6. The maximum atomic E-state index is 6.10. The standard InChI is InChI=1S/C16H27N3O/c1-16(13-17,19-10-8-18(2)9-11-19)12-14-4-6-15(20-3)7-5-14/h4-7H,8-13,17H2,1-3H3. The minimum atomic E-state index is 0.0375. The van der Waals surface area contributed by atoms with Gasteiger partial charge in [-0.15, -0.1) is 0 Å². The third-order valence-electron chi connectivity index (χ3n) is 4.45. The highest BCUT2D eigenvalue weighted by Crippen LogP contribution is 2.23. The zero-order valence-electron chi connectivity index (χ0n) is 12.9. The van der Waals surface area contributed by atoms with Crippen molar-refractivity contribution in [3.8, 4) is 5.75 Å². The topological polar surface area (TPSA) is 41.7 Å². The molecule has 4 heteroatoms. The minimum absolute atomic E-state index is 0.0375. The average Bonchev–Trinajstić information content (AvgIpc) is 2.48. The molecule has 1 fully saturated rings. The van der Waals surface area contributed by atoms with Crippen LogP contribution in [0.1, 0.15) is 12.5 Å². The van der Waals surface area contributed by atoms with Crippen LogP contribution in [0.15, 0.2) is 24.3 Å². The number of methoxy groups -OCH3 is 1. The van der Waals surface area contributed by atoms with Crippen LogP contribution >= 0.6 is 0 Å². The highest BCUT2D eigenvalue weighted by molar-refractivity contribution is 5.28. The number of nitrogens with two attached hydrogens (primary N) is 1. The molecule has 1 unspecified atom stereocenters. The van der Waals surface area contributed by atoms with Gasteiger partial charge in [0, 0.05) is 38.3 Å². The molecule has 112 valence electrons. The second-order valence-electron chi connectivity index (χ2n) is 6.02. The third kappa shape index (κ3) is 3.51. The summed E-state index contributed by atoms with van der Waals surface area (Å²) in [5, 5.41) is 0. The molecule has 1 heterocycles. The van der Waals surface area contributed by atoms with Crippen LogP contribution in [-0.2, 0) is 6.42 Å². The van der Waals surface area contributed by atoms with E-state index in [1.54, 1.807) is 7.11 Å². The SMILES string of the molecule is COc1ccc(CC(C)(CN)N2CCN(C)CC2)cc1. The van der Waals surface area contributed by atoms with E-state index in [4.69, 9.17) is 10.5 Å². The van der Waals surface area contributed by atoms with Gasteiger partial charge in [-0.3, -0.25) is 4.90 Å². The molecule has 1 aliphatic rings. The summed E-state index contributed by atoms with van der Waals surface area (Å²) in [6.45, 7) is 7.41. The highest BCUT2D eigenvalue weighted by Gasteiger charge is 2.32. The number of benzene rings is 1. The van der Waals surface area contributed by atoms with Gasteiger partial charge in [0.15, 0.2) is 0 Å². The molecule has 1 saturated heterocycles. The number of nitrogens with zero attached hydrogens (tertiary/aromatic N) is 2. The lowest BCUT2D eigenvalue weighted by atomic mass is 9.90. The molecule has 4 nitrogen and oxygen atoms in total. The van der Waals surface area contributed by atoms with E-state index in [2.05, 4.69) is 35.9 Å². The van der Waals surface area contributed by atoms with Gasteiger partial charge in [0.2, 0.25) is 0 Å². The van der Waals surface area contributed by atoms with Gasteiger partial charge in [-0.05, 0) is 38.1 Å². The summed E-state index contributed by atoms with van der Waals surface area (Å²) in [6.07, 6.45) is 0.983. The average molecular weight is 277 g/mol. The Morgan fingerprint density at radius 3 is 2.25 bits per heavy atom. The molecule has 20 heavy (non-hydrogen) atoms. The third-order valence-corrected chi connectivity index (χ3v) is 4.45. The number of piperazine rings is 1. The molecule has 0 aliphatic carbocycles. The van der Waals surface area contributed by atoms with E-state index in [-0.39, 0.29) is 5.54 Å². The van der Waals surface area contributed by atoms with Crippen molar-refractivity contribution < 1.29 is 4.74 Å². The molecule has 1 atom stereocenters. The van der Waals surface area contributed by atoms with Gasteiger partial charge >= 0.3 is 0 Å². The van der Waals surface area contributed by atoms with Crippen molar-refractivity contribution in [1.29, 1.82) is 0 Å². The van der Waals surface area contributed by atoms with Crippen LogP contribution in [0.4, 0.5) is 0 Å². The Balaban J connectivity index is 2.05. The smallest absolute Gasteiger partial charge is 0.118 e. The van der Waals surface area contributed by atoms with E-state index in [1.165, 1.54) is 5.56 Å². The monoisotopic (exact) mass is 277 g/mol. The molecule has 0 saturated carbocycles. The van der Waals surface area contributed by atoms with E-state index < -0.39 is 0 Å². The molecule has 2 rings (SSSR count). The second-order valence-corrected chi connectivity index (χ2v) is 6.02. The Morgan fingerprint density at radius 1 is 1.15 bits per heavy atom. The lowest BCUT2D eigenvalue weighted by molar-refractivity contribution is 0.0559. The van der Waals surface area contributed by atoms with E-state index in [9.17, 15) is 0 Å². The summed E-state index contributed by atoms with van der Waals surface area (Å²) >= 11 is 0. The molecule has 0 bridgehead atoms. The zero-order valence-corrected chi connectivity index (χ0v) is 12.9. The molecular formula is C16H27N3O. The quantitative estimate of drug-likeness (QED) is 0.878. The van der Waals surface area contributed by atoms with Gasteiger partial charge in [-0.1, -0.05) is 12.1 Å². The summed E-state index contributed by atoms with van der Waals surface area (Å²) in [6, 6.07) is 8.33. The summed E-state index contributed by atoms with van der Waals surface area (Å²) in [5.41, 5.74) is 7.45. The Kier molecular flexibility index (Phi) is 5.02. The van der Waals surface area contributed by atoms with Crippen molar-refractivity contribution in [3.63, 3.8) is 0 Å². The fraction of sp³-hybridized carbons (Fsp3) is 0.625. The maximum absolute atomic E-state index is 6.10. The van der Waals surface area contributed by atoms with E-state index >= 15 is 0 Å². The zero-order chi connectivity index (χ0) is 14.6. The molecule has 0 amide bonds. The van der Waals surface area contributed by atoms with Crippen molar-refractivity contribution in [2.75, 3.05) is 46.9 Å². The van der Waals surface area contributed by atoms with Crippen LogP contribution in [0, 0.1) is 0 Å². The van der Waals surface area contributed by atoms with E-state index in [0.29, 0.717) is 6.54 Å². The van der Waals surface area contributed by atoms with Gasteiger partial charge in [0.25, 0.3) is 0 Å². The van der Waals surface area contributed by atoms with Crippen LogP contribution in [0.2, 0.25) is 0 Å². The molecule has 0 spiro atoms. The molecule has 1 aliphatic heterocycles. The molecule has 2 N–H and O–H groups in total. The van der Waals surface area contributed by atoms with Crippen LogP contribution in [-0.4, -0.2) is 62.2 Å². The van der Waals surface area contributed by atoms with Crippen LogP contribution in [0.3, 0.4) is 0 Å². The van der Waals surface area contributed by atoms with Gasteiger partial charge < -0.3 is 15.4 Å². The number of hydrogen-bond donors (Lipinski definition) is 1. The molecule has 0 radical (unpaired) electrons. The Hall–Kier alpha value is -1.10. The van der Waals surface area contributed by atoms with E-state index in [1.807, 2.05) is 12.1 Å². The summed E-state index contributed by atoms with van der Waals surface area (Å²) in [4.78, 5) is 4.91. The lowest BCUT2D eigenvalue weighted by Gasteiger charge is -2.45. The van der Waals surface area contributed by atoms with Crippen molar-refractivity contribution in [1.82, 2.24) is 9.80 Å². The predicted molar refractivity (Wildman–Crippen MR) is 83.2 cm³/mol. The summed E-state index contributed by atoms with van der Waals surface area (Å²) in [7, 11) is 3.88. The first-order valence-electron chi connectivity index (χ1n) is 7.34. The molecule has 1 aromatic carbocycles. The van der Waals surface area contributed by atoms with Crippen LogP contribution in [0.5, 0.6) is 5.75 Å². The first kappa shape index (κ1) is 15.3. The van der Waals surface area contributed by atoms with Crippen molar-refractivity contribution in [2.24, 2.45) is 5.73 Å². The van der Waals surface area contributed by atoms with Gasteiger partial charge in [0.1, 0.15) is 5.75 Å². The Morgan fingerprint density at radius 2 is 1.75 bits per heavy atom. The fourth-order valence-electron chi connectivity index (χ4n) is 2.84.